The van der Waals surface area contributed by atoms with Crippen LogP contribution in [0, 0.1) is 42.2 Å². The quantitative estimate of drug-likeness (QED) is 0.209. The number of hydrogen-bond donors (Lipinski definition) is 1. The minimum Gasteiger partial charge on any atom is -0.321 e. The van der Waals surface area contributed by atoms with E-state index in [9.17, 15) is 20.2 Å². The maximum absolute atomic E-state index is 12.7. The highest BCUT2D eigenvalue weighted by Gasteiger charge is 2.16. The van der Waals surface area contributed by atoms with Gasteiger partial charge in [0.2, 0.25) is 0 Å². The number of hydrogen-bond acceptors (Lipinski definition) is 4. The fourth-order valence-corrected chi connectivity index (χ4v) is 3.64. The van der Waals surface area contributed by atoms with Crippen molar-refractivity contribution in [3.63, 3.8) is 0 Å². The first-order valence-corrected chi connectivity index (χ1v) is 10.2. The molecular weight excluding hydrogens is 451 g/mol. The molecule has 0 unspecified atom stereocenters. The Balaban J connectivity index is 1.93. The number of benzene rings is 2. The van der Waals surface area contributed by atoms with Gasteiger partial charge in [-0.2, -0.15) is 5.26 Å². The molecule has 0 spiro atoms. The maximum atomic E-state index is 12.7. The molecule has 162 valence electrons. The van der Waals surface area contributed by atoms with Gasteiger partial charge in [-0.25, -0.2) is 0 Å². The summed E-state index contributed by atoms with van der Waals surface area (Å²) in [6.45, 7) is 5.41. The summed E-state index contributed by atoms with van der Waals surface area (Å²) in [4.78, 5) is 23.1. The van der Waals surface area contributed by atoms with Crippen LogP contribution < -0.4 is 5.32 Å². The normalized spacial score (nSPS) is 11.2. The molecule has 1 amide bonds. The first-order valence-electron chi connectivity index (χ1n) is 9.45. The van der Waals surface area contributed by atoms with Gasteiger partial charge in [0.25, 0.3) is 11.6 Å². The third-order valence-corrected chi connectivity index (χ3v) is 5.70. The Morgan fingerprint density at radius 3 is 2.44 bits per heavy atom. The van der Waals surface area contributed by atoms with E-state index in [0.717, 1.165) is 17.1 Å². The van der Waals surface area contributed by atoms with Gasteiger partial charge >= 0.3 is 0 Å². The number of aromatic nitrogens is 1. The lowest BCUT2D eigenvalue weighted by atomic mass is 10.1. The Labute approximate surface area is 194 Å². The van der Waals surface area contributed by atoms with Crippen LogP contribution in [0.5, 0.6) is 0 Å². The molecule has 0 fully saturated rings. The van der Waals surface area contributed by atoms with Crippen molar-refractivity contribution in [1.29, 1.82) is 5.26 Å². The lowest BCUT2D eigenvalue weighted by molar-refractivity contribution is -0.384. The largest absolute Gasteiger partial charge is 0.321 e. The van der Waals surface area contributed by atoms with E-state index in [4.69, 9.17) is 23.2 Å². The van der Waals surface area contributed by atoms with Crippen LogP contribution in [0.3, 0.4) is 0 Å². The zero-order chi connectivity index (χ0) is 23.6. The highest BCUT2D eigenvalue weighted by Crippen LogP contribution is 2.28. The number of halogens is 2. The van der Waals surface area contributed by atoms with E-state index in [1.807, 2.05) is 36.6 Å². The van der Waals surface area contributed by atoms with Gasteiger partial charge in [-0.15, -0.1) is 0 Å². The number of nitro benzene ring substituents is 1. The minimum absolute atomic E-state index is 0.0775. The van der Waals surface area contributed by atoms with E-state index in [-0.39, 0.29) is 11.3 Å². The second-order valence-electron chi connectivity index (χ2n) is 7.14. The van der Waals surface area contributed by atoms with Crippen LogP contribution in [0.1, 0.15) is 22.5 Å². The van der Waals surface area contributed by atoms with Crippen molar-refractivity contribution in [3.8, 4) is 11.8 Å². The molecular formula is C23H18Cl2N4O3. The van der Waals surface area contributed by atoms with Crippen LogP contribution >= 0.6 is 23.2 Å². The summed E-state index contributed by atoms with van der Waals surface area (Å²) in [5, 5.41) is 24.0. The smallest absolute Gasteiger partial charge is 0.269 e. The van der Waals surface area contributed by atoms with E-state index < -0.39 is 10.8 Å². The van der Waals surface area contributed by atoms with Gasteiger partial charge in [0, 0.05) is 34.9 Å². The molecule has 0 saturated carbocycles. The van der Waals surface area contributed by atoms with Crippen LogP contribution in [0.15, 0.2) is 48.0 Å². The topological polar surface area (TPSA) is 101 Å². The predicted molar refractivity (Wildman–Crippen MR) is 125 cm³/mol. The molecule has 3 aromatic rings. The van der Waals surface area contributed by atoms with Crippen molar-refractivity contribution < 1.29 is 9.72 Å². The van der Waals surface area contributed by atoms with E-state index >= 15 is 0 Å². The average molecular weight is 469 g/mol. The predicted octanol–water partition coefficient (Wildman–Crippen LogP) is 6.16. The number of nitriles is 1. The van der Waals surface area contributed by atoms with Gasteiger partial charge in [0.05, 0.1) is 15.0 Å². The van der Waals surface area contributed by atoms with Crippen molar-refractivity contribution in [2.75, 3.05) is 5.32 Å². The Morgan fingerprint density at radius 2 is 1.84 bits per heavy atom. The molecule has 1 aromatic heterocycles. The van der Waals surface area contributed by atoms with Crippen molar-refractivity contribution >= 4 is 46.6 Å². The molecule has 0 aliphatic heterocycles. The summed E-state index contributed by atoms with van der Waals surface area (Å²) in [5.41, 5.74) is 3.93. The Kier molecular flexibility index (Phi) is 6.68. The number of amides is 1. The zero-order valence-corrected chi connectivity index (χ0v) is 19.0. The highest BCUT2D eigenvalue weighted by atomic mass is 35.5. The van der Waals surface area contributed by atoms with Gasteiger partial charge < -0.3 is 9.88 Å². The number of carbonyl (C=O) groups excluding carboxylic acids is 1. The number of nitrogens with one attached hydrogen (secondary N) is 1. The first kappa shape index (κ1) is 23.1. The summed E-state index contributed by atoms with van der Waals surface area (Å²) in [7, 11) is 0. The molecule has 3 rings (SSSR count). The van der Waals surface area contributed by atoms with Crippen LogP contribution in [-0.2, 0) is 4.79 Å². The van der Waals surface area contributed by atoms with Crippen LogP contribution in [-0.4, -0.2) is 15.4 Å². The standard InChI is InChI=1S/C23H18Cl2N4O3/c1-13-8-19(29(31)32)5-7-22(13)27-23(30)17(12-26)10-16-9-14(2)28(15(16)3)18-4-6-20(24)21(25)11-18/h4-11H,1-3H3,(H,27,30)/b17-10+. The number of non-ortho nitro benzene ring substituents is 1. The molecule has 0 radical (unpaired) electrons. The molecule has 9 heteroatoms. The van der Waals surface area contributed by atoms with Gasteiger partial charge in [0.15, 0.2) is 0 Å². The molecule has 0 bridgehead atoms. The summed E-state index contributed by atoms with van der Waals surface area (Å²) >= 11 is 12.2. The van der Waals surface area contributed by atoms with Crippen molar-refractivity contribution in [1.82, 2.24) is 4.57 Å². The van der Waals surface area contributed by atoms with Crippen LogP contribution in [0.4, 0.5) is 11.4 Å². The lowest BCUT2D eigenvalue weighted by Gasteiger charge is -2.11. The van der Waals surface area contributed by atoms with Gasteiger partial charge in [-0.3, -0.25) is 14.9 Å². The minimum atomic E-state index is -0.608. The molecule has 7 nitrogen and oxygen atoms in total. The second-order valence-corrected chi connectivity index (χ2v) is 7.95. The Bertz CT molecular complexity index is 1320. The van der Waals surface area contributed by atoms with E-state index in [2.05, 4.69) is 5.32 Å². The number of nitrogens with zero attached hydrogens (tertiary/aromatic N) is 3. The zero-order valence-electron chi connectivity index (χ0n) is 17.4. The fourth-order valence-electron chi connectivity index (χ4n) is 3.35. The van der Waals surface area contributed by atoms with Crippen molar-refractivity contribution in [3.05, 3.63) is 90.7 Å². The van der Waals surface area contributed by atoms with E-state index in [1.54, 1.807) is 19.1 Å². The number of aryl methyl sites for hydroxylation is 2. The summed E-state index contributed by atoms with van der Waals surface area (Å²) in [6, 6.07) is 13.2. The molecule has 1 heterocycles. The van der Waals surface area contributed by atoms with E-state index in [1.165, 1.54) is 24.3 Å². The molecule has 32 heavy (non-hydrogen) atoms. The summed E-state index contributed by atoms with van der Waals surface area (Å²) in [5.74, 6) is -0.608. The first-order chi connectivity index (χ1) is 15.1. The monoisotopic (exact) mass is 468 g/mol. The third kappa shape index (κ3) is 4.67. The SMILES string of the molecule is Cc1cc([N+](=O)[O-])ccc1NC(=O)/C(C#N)=C/c1cc(C)n(-c2ccc(Cl)c(Cl)c2)c1C. The molecule has 2 aromatic carbocycles. The lowest BCUT2D eigenvalue weighted by Crippen LogP contribution is -2.14. The number of anilines is 1. The van der Waals surface area contributed by atoms with Gasteiger partial charge in [-0.05, 0) is 68.3 Å². The summed E-state index contributed by atoms with van der Waals surface area (Å²) < 4.78 is 1.95. The van der Waals surface area contributed by atoms with Crippen LogP contribution in [0.25, 0.3) is 11.8 Å². The van der Waals surface area contributed by atoms with Crippen molar-refractivity contribution in [2.45, 2.75) is 20.8 Å². The molecule has 0 atom stereocenters. The number of carbonyl (C=O) groups is 1. The van der Waals surface area contributed by atoms with E-state index in [0.29, 0.717) is 26.9 Å². The van der Waals surface area contributed by atoms with Crippen molar-refractivity contribution in [2.24, 2.45) is 0 Å². The average Bonchev–Trinajstić information content (AvgIpc) is 3.02. The summed E-state index contributed by atoms with van der Waals surface area (Å²) in [6.07, 6.45) is 1.51. The van der Waals surface area contributed by atoms with Gasteiger partial charge in [0.1, 0.15) is 11.6 Å². The Hall–Kier alpha value is -3.60. The highest BCUT2D eigenvalue weighted by molar-refractivity contribution is 6.42. The molecule has 0 aliphatic carbocycles. The Morgan fingerprint density at radius 1 is 1.12 bits per heavy atom. The molecule has 0 saturated heterocycles. The number of nitro groups is 1. The van der Waals surface area contributed by atoms with Crippen LogP contribution in [0.2, 0.25) is 10.0 Å². The third-order valence-electron chi connectivity index (χ3n) is 4.97. The second kappa shape index (κ2) is 9.27. The number of rotatable bonds is 5. The molecule has 1 N–H and O–H groups in total. The fraction of sp³-hybridized carbons (Fsp3) is 0.130. The molecule has 0 aliphatic rings. The van der Waals surface area contributed by atoms with Gasteiger partial charge in [-0.1, -0.05) is 23.2 Å². The maximum Gasteiger partial charge on any atom is 0.269 e.